The Morgan fingerprint density at radius 2 is 2.21 bits per heavy atom. The van der Waals surface area contributed by atoms with Crippen LogP contribution in [0.2, 0.25) is 0 Å². The van der Waals surface area contributed by atoms with Gasteiger partial charge >= 0.3 is 5.97 Å². The summed E-state index contributed by atoms with van der Waals surface area (Å²) in [7, 11) is 1.36. The molecule has 0 unspecified atom stereocenters. The molecule has 0 aliphatic carbocycles. The van der Waals surface area contributed by atoms with Gasteiger partial charge in [0.2, 0.25) is 5.13 Å². The highest BCUT2D eigenvalue weighted by atomic mass is 32.2. The first-order valence-corrected chi connectivity index (χ1v) is 9.40. The van der Waals surface area contributed by atoms with E-state index in [0.29, 0.717) is 23.8 Å². The lowest BCUT2D eigenvalue weighted by Gasteiger charge is -2.06. The van der Waals surface area contributed by atoms with E-state index in [0.717, 1.165) is 21.8 Å². The van der Waals surface area contributed by atoms with Gasteiger partial charge in [-0.1, -0.05) is 43.0 Å². The summed E-state index contributed by atoms with van der Waals surface area (Å²) in [6.07, 6.45) is 0. The number of carbonyl (C=O) groups is 1. The smallest absolute Gasteiger partial charge is 0.337 e. The third-order valence-electron chi connectivity index (χ3n) is 2.90. The van der Waals surface area contributed by atoms with Gasteiger partial charge in [-0.3, -0.25) is 0 Å². The highest BCUT2D eigenvalue weighted by Gasteiger charge is 2.07. The molecule has 1 heterocycles. The number of thioether (sulfide) groups is 1. The Morgan fingerprint density at radius 1 is 1.38 bits per heavy atom. The van der Waals surface area contributed by atoms with Crippen LogP contribution in [0.4, 0.5) is 5.13 Å². The van der Waals surface area contributed by atoms with Crippen molar-refractivity contribution in [1.82, 2.24) is 10.2 Å². The van der Waals surface area contributed by atoms with Crippen molar-refractivity contribution in [2.75, 3.05) is 31.3 Å². The Labute approximate surface area is 150 Å². The van der Waals surface area contributed by atoms with Gasteiger partial charge < -0.3 is 14.8 Å². The van der Waals surface area contributed by atoms with E-state index in [-0.39, 0.29) is 5.97 Å². The number of aromatic nitrogens is 2. The molecular formula is C16H21N3O3S2. The lowest BCUT2D eigenvalue weighted by atomic mass is 10.2. The van der Waals surface area contributed by atoms with E-state index in [1.165, 1.54) is 7.11 Å². The van der Waals surface area contributed by atoms with Gasteiger partial charge in [0.05, 0.1) is 19.3 Å². The summed E-state index contributed by atoms with van der Waals surface area (Å²) in [5, 5.41) is 12.4. The quantitative estimate of drug-likeness (QED) is 0.413. The number of esters is 1. The number of rotatable bonds is 9. The SMILES string of the molecule is COC(=O)c1cccc(OCCSc2nnc(NCC(C)C)s2)c1. The molecule has 1 aromatic carbocycles. The normalized spacial score (nSPS) is 10.7. The van der Waals surface area contributed by atoms with Crippen molar-refractivity contribution < 1.29 is 14.3 Å². The summed E-state index contributed by atoms with van der Waals surface area (Å²) < 4.78 is 11.3. The first-order valence-electron chi connectivity index (χ1n) is 7.60. The predicted octanol–water partition coefficient (Wildman–Crippen LogP) is 3.56. The summed E-state index contributed by atoms with van der Waals surface area (Å²) in [4.78, 5) is 11.5. The first kappa shape index (κ1) is 18.5. The molecule has 0 bridgehead atoms. The van der Waals surface area contributed by atoms with Crippen LogP contribution in [0.15, 0.2) is 28.6 Å². The average Bonchev–Trinajstić information content (AvgIpc) is 3.04. The van der Waals surface area contributed by atoms with Crippen LogP contribution in [0.3, 0.4) is 0 Å². The molecule has 0 radical (unpaired) electrons. The molecule has 24 heavy (non-hydrogen) atoms. The standard InChI is InChI=1S/C16H21N3O3S2/c1-11(2)10-17-15-18-19-16(24-15)23-8-7-22-13-6-4-5-12(9-13)14(20)21-3/h4-6,9,11H,7-8,10H2,1-3H3,(H,17,18). The summed E-state index contributed by atoms with van der Waals surface area (Å²) in [5.74, 6) is 1.60. The van der Waals surface area contributed by atoms with Crippen molar-refractivity contribution in [2.45, 2.75) is 18.2 Å². The maximum atomic E-state index is 11.5. The maximum absolute atomic E-state index is 11.5. The van der Waals surface area contributed by atoms with Crippen LogP contribution in [-0.4, -0.2) is 42.2 Å². The molecule has 6 nitrogen and oxygen atoms in total. The number of benzene rings is 1. The zero-order valence-electron chi connectivity index (χ0n) is 13.9. The maximum Gasteiger partial charge on any atom is 0.337 e. The Balaban J connectivity index is 1.74. The number of ether oxygens (including phenoxy) is 2. The van der Waals surface area contributed by atoms with E-state index < -0.39 is 0 Å². The van der Waals surface area contributed by atoms with Crippen molar-refractivity contribution >= 4 is 34.2 Å². The summed E-state index contributed by atoms with van der Waals surface area (Å²) in [5.41, 5.74) is 0.479. The van der Waals surface area contributed by atoms with E-state index in [1.54, 1.807) is 41.3 Å². The molecule has 0 atom stereocenters. The fourth-order valence-corrected chi connectivity index (χ4v) is 3.40. The van der Waals surface area contributed by atoms with Gasteiger partial charge in [-0.15, -0.1) is 10.2 Å². The molecule has 0 amide bonds. The molecule has 0 fully saturated rings. The molecule has 0 saturated heterocycles. The van der Waals surface area contributed by atoms with Crippen LogP contribution < -0.4 is 10.1 Å². The van der Waals surface area contributed by atoms with Crippen molar-refractivity contribution in [3.05, 3.63) is 29.8 Å². The van der Waals surface area contributed by atoms with Crippen LogP contribution in [0.1, 0.15) is 24.2 Å². The van der Waals surface area contributed by atoms with E-state index in [4.69, 9.17) is 9.47 Å². The van der Waals surface area contributed by atoms with Crippen LogP contribution in [0.5, 0.6) is 5.75 Å². The zero-order chi connectivity index (χ0) is 17.4. The monoisotopic (exact) mass is 367 g/mol. The highest BCUT2D eigenvalue weighted by Crippen LogP contribution is 2.25. The first-order chi connectivity index (χ1) is 11.6. The lowest BCUT2D eigenvalue weighted by Crippen LogP contribution is -2.07. The molecule has 0 aliphatic heterocycles. The van der Waals surface area contributed by atoms with E-state index in [9.17, 15) is 4.79 Å². The van der Waals surface area contributed by atoms with Crippen LogP contribution in [0, 0.1) is 5.92 Å². The largest absolute Gasteiger partial charge is 0.493 e. The molecule has 2 aromatic rings. The minimum Gasteiger partial charge on any atom is -0.493 e. The summed E-state index contributed by atoms with van der Waals surface area (Å²) in [6, 6.07) is 6.96. The number of hydrogen-bond acceptors (Lipinski definition) is 8. The molecule has 1 N–H and O–H groups in total. The van der Waals surface area contributed by atoms with Gasteiger partial charge in [0.15, 0.2) is 4.34 Å². The molecule has 1 aromatic heterocycles. The number of carbonyl (C=O) groups excluding carboxylic acids is 1. The van der Waals surface area contributed by atoms with Crippen molar-refractivity contribution in [2.24, 2.45) is 5.92 Å². The summed E-state index contributed by atoms with van der Waals surface area (Å²) >= 11 is 3.14. The fraction of sp³-hybridized carbons (Fsp3) is 0.438. The Hall–Kier alpha value is -1.80. The topological polar surface area (TPSA) is 73.3 Å². The van der Waals surface area contributed by atoms with Crippen LogP contribution in [0.25, 0.3) is 0 Å². The molecule has 8 heteroatoms. The molecule has 0 saturated carbocycles. The molecular weight excluding hydrogens is 346 g/mol. The fourth-order valence-electron chi connectivity index (χ4n) is 1.75. The zero-order valence-corrected chi connectivity index (χ0v) is 15.6. The van der Waals surface area contributed by atoms with Crippen molar-refractivity contribution in [3.63, 3.8) is 0 Å². The Kier molecular flexibility index (Phi) is 7.33. The van der Waals surface area contributed by atoms with E-state index in [2.05, 4.69) is 29.4 Å². The second-order valence-corrected chi connectivity index (χ2v) is 7.68. The van der Waals surface area contributed by atoms with E-state index >= 15 is 0 Å². The van der Waals surface area contributed by atoms with Crippen LogP contribution in [-0.2, 0) is 4.74 Å². The number of anilines is 1. The molecule has 2 rings (SSSR count). The number of methoxy groups -OCH3 is 1. The molecule has 0 aliphatic rings. The van der Waals surface area contributed by atoms with E-state index in [1.807, 2.05) is 6.07 Å². The minimum atomic E-state index is -0.370. The summed E-state index contributed by atoms with van der Waals surface area (Å²) in [6.45, 7) is 5.70. The number of nitrogens with one attached hydrogen (secondary N) is 1. The number of nitrogens with zero attached hydrogens (tertiary/aromatic N) is 2. The average molecular weight is 367 g/mol. The van der Waals surface area contributed by atoms with Crippen LogP contribution >= 0.6 is 23.1 Å². The molecule has 0 spiro atoms. The van der Waals surface area contributed by atoms with Gasteiger partial charge in [0.1, 0.15) is 5.75 Å². The third-order valence-corrected chi connectivity index (χ3v) is 4.88. The van der Waals surface area contributed by atoms with Gasteiger partial charge in [0.25, 0.3) is 0 Å². The Bertz CT molecular complexity index is 662. The second kappa shape index (κ2) is 9.48. The number of hydrogen-bond donors (Lipinski definition) is 1. The highest BCUT2D eigenvalue weighted by molar-refractivity contribution is 8.01. The van der Waals surface area contributed by atoms with Gasteiger partial charge in [-0.25, -0.2) is 4.79 Å². The van der Waals surface area contributed by atoms with Crippen molar-refractivity contribution in [3.8, 4) is 5.75 Å². The lowest BCUT2D eigenvalue weighted by molar-refractivity contribution is 0.0600. The predicted molar refractivity (Wildman–Crippen MR) is 97.2 cm³/mol. The Morgan fingerprint density at radius 3 is 2.96 bits per heavy atom. The minimum absolute atomic E-state index is 0.370. The van der Waals surface area contributed by atoms with Gasteiger partial charge in [-0.05, 0) is 24.1 Å². The molecule has 130 valence electrons. The second-order valence-electron chi connectivity index (χ2n) is 5.36. The third kappa shape index (κ3) is 6.01. The van der Waals surface area contributed by atoms with Gasteiger partial charge in [-0.2, -0.15) is 0 Å². The van der Waals surface area contributed by atoms with Gasteiger partial charge in [0, 0.05) is 12.3 Å². The van der Waals surface area contributed by atoms with Crippen molar-refractivity contribution in [1.29, 1.82) is 0 Å².